The fourth-order valence-electron chi connectivity index (χ4n) is 2.96. The van der Waals surface area contributed by atoms with Gasteiger partial charge < -0.3 is 15.5 Å². The first-order chi connectivity index (χ1) is 10.7. The summed E-state index contributed by atoms with van der Waals surface area (Å²) in [6.45, 7) is 10.1. The fourth-order valence-corrected chi connectivity index (χ4v) is 3.75. The predicted molar refractivity (Wildman–Crippen MR) is 112 cm³/mol. The van der Waals surface area contributed by atoms with Crippen LogP contribution in [0.5, 0.6) is 0 Å². The second-order valence-electron chi connectivity index (χ2n) is 6.34. The average Bonchev–Trinajstić information content (AvgIpc) is 3.05. The number of hydrogen-bond acceptors (Lipinski definition) is 3. The van der Waals surface area contributed by atoms with Gasteiger partial charge in [0.1, 0.15) is 0 Å². The highest BCUT2D eigenvalue weighted by Gasteiger charge is 2.15. The van der Waals surface area contributed by atoms with E-state index in [1.165, 1.54) is 30.8 Å². The van der Waals surface area contributed by atoms with Crippen molar-refractivity contribution in [1.82, 2.24) is 15.5 Å². The van der Waals surface area contributed by atoms with Gasteiger partial charge in [-0.25, -0.2) is 0 Å². The van der Waals surface area contributed by atoms with E-state index in [0.29, 0.717) is 5.92 Å². The molecule has 4 nitrogen and oxygen atoms in total. The molecule has 6 heteroatoms. The molecule has 0 saturated carbocycles. The van der Waals surface area contributed by atoms with Gasteiger partial charge in [0, 0.05) is 44.0 Å². The third-order valence-corrected chi connectivity index (χ3v) is 5.39. The minimum absolute atomic E-state index is 0. The Morgan fingerprint density at radius 2 is 2.30 bits per heavy atom. The molecule has 0 radical (unpaired) electrons. The van der Waals surface area contributed by atoms with E-state index in [4.69, 9.17) is 0 Å². The van der Waals surface area contributed by atoms with Crippen molar-refractivity contribution in [2.24, 2.45) is 10.9 Å². The summed E-state index contributed by atoms with van der Waals surface area (Å²) < 4.78 is 0. The number of piperidine rings is 1. The minimum atomic E-state index is 0. The Morgan fingerprint density at radius 3 is 2.96 bits per heavy atom. The Morgan fingerprint density at radius 1 is 1.48 bits per heavy atom. The van der Waals surface area contributed by atoms with Crippen molar-refractivity contribution in [2.75, 3.05) is 39.8 Å². The SMILES string of the molecule is CN=C(NCCN1CCCC(C)C1)NCC(C)c1cccs1.I. The molecule has 1 aromatic heterocycles. The molecule has 23 heavy (non-hydrogen) atoms. The predicted octanol–water partition coefficient (Wildman–Crippen LogP) is 3.37. The topological polar surface area (TPSA) is 39.7 Å². The summed E-state index contributed by atoms with van der Waals surface area (Å²) in [5.41, 5.74) is 0. The zero-order chi connectivity index (χ0) is 15.8. The Kier molecular flexibility index (Phi) is 10.1. The van der Waals surface area contributed by atoms with Gasteiger partial charge in [0.25, 0.3) is 0 Å². The number of guanidine groups is 1. The van der Waals surface area contributed by atoms with Crippen LogP contribution in [0.3, 0.4) is 0 Å². The van der Waals surface area contributed by atoms with Gasteiger partial charge in [0.2, 0.25) is 0 Å². The van der Waals surface area contributed by atoms with Crippen molar-refractivity contribution in [3.63, 3.8) is 0 Å². The van der Waals surface area contributed by atoms with Crippen LogP contribution in [0.2, 0.25) is 0 Å². The van der Waals surface area contributed by atoms with Gasteiger partial charge in [-0.2, -0.15) is 0 Å². The Balaban J connectivity index is 0.00000264. The molecule has 0 amide bonds. The standard InChI is InChI=1S/C17H30N4S.HI/c1-14-6-4-9-21(13-14)10-8-19-17(18-3)20-12-15(2)16-7-5-11-22-16;/h5,7,11,14-15H,4,6,8-10,12-13H2,1-3H3,(H2,18,19,20);1H. The molecule has 1 aliphatic rings. The molecule has 2 heterocycles. The summed E-state index contributed by atoms with van der Waals surface area (Å²) in [6, 6.07) is 4.31. The lowest BCUT2D eigenvalue weighted by Crippen LogP contribution is -2.44. The molecular weight excluding hydrogens is 419 g/mol. The zero-order valence-electron chi connectivity index (χ0n) is 14.5. The Hall–Kier alpha value is -0.340. The molecule has 2 atom stereocenters. The Labute approximate surface area is 162 Å². The van der Waals surface area contributed by atoms with Crippen molar-refractivity contribution in [3.8, 4) is 0 Å². The quantitative estimate of drug-likeness (QED) is 0.397. The number of halogens is 1. The summed E-state index contributed by atoms with van der Waals surface area (Å²) in [4.78, 5) is 8.30. The van der Waals surface area contributed by atoms with Gasteiger partial charge in [-0.1, -0.05) is 19.9 Å². The molecule has 2 unspecified atom stereocenters. The number of rotatable bonds is 6. The zero-order valence-corrected chi connectivity index (χ0v) is 17.7. The van der Waals surface area contributed by atoms with Gasteiger partial charge in [-0.3, -0.25) is 4.99 Å². The molecule has 1 aliphatic heterocycles. The van der Waals surface area contributed by atoms with Gasteiger partial charge in [0.05, 0.1) is 0 Å². The van der Waals surface area contributed by atoms with Gasteiger partial charge >= 0.3 is 0 Å². The maximum Gasteiger partial charge on any atom is 0.191 e. The van der Waals surface area contributed by atoms with Crippen LogP contribution in [0, 0.1) is 5.92 Å². The Bertz CT molecular complexity index is 449. The van der Waals surface area contributed by atoms with E-state index in [0.717, 1.165) is 31.5 Å². The van der Waals surface area contributed by atoms with Crippen LogP contribution in [0.1, 0.15) is 37.5 Å². The van der Waals surface area contributed by atoms with Crippen molar-refractivity contribution in [1.29, 1.82) is 0 Å². The average molecular weight is 450 g/mol. The molecule has 0 aliphatic carbocycles. The van der Waals surface area contributed by atoms with Gasteiger partial charge in [-0.05, 0) is 36.8 Å². The van der Waals surface area contributed by atoms with E-state index in [-0.39, 0.29) is 24.0 Å². The second kappa shape index (κ2) is 11.3. The first-order valence-corrected chi connectivity index (χ1v) is 9.27. The van der Waals surface area contributed by atoms with Crippen LogP contribution in [-0.2, 0) is 0 Å². The molecule has 0 aromatic carbocycles. The van der Waals surface area contributed by atoms with Crippen LogP contribution in [0.4, 0.5) is 0 Å². The number of likely N-dealkylation sites (tertiary alicyclic amines) is 1. The number of nitrogens with one attached hydrogen (secondary N) is 2. The summed E-state index contributed by atoms with van der Waals surface area (Å²) in [5, 5.41) is 9.00. The van der Waals surface area contributed by atoms with Gasteiger partial charge in [-0.15, -0.1) is 35.3 Å². The first-order valence-electron chi connectivity index (χ1n) is 8.39. The maximum atomic E-state index is 4.32. The summed E-state index contributed by atoms with van der Waals surface area (Å²) in [5.74, 6) is 2.27. The van der Waals surface area contributed by atoms with Crippen molar-refractivity contribution in [2.45, 2.75) is 32.6 Å². The van der Waals surface area contributed by atoms with Crippen LogP contribution < -0.4 is 10.6 Å². The van der Waals surface area contributed by atoms with E-state index in [9.17, 15) is 0 Å². The highest BCUT2D eigenvalue weighted by molar-refractivity contribution is 14.0. The first kappa shape index (κ1) is 20.7. The number of thiophene rings is 1. The second-order valence-corrected chi connectivity index (χ2v) is 7.32. The van der Waals surface area contributed by atoms with Gasteiger partial charge in [0.15, 0.2) is 5.96 Å². The number of hydrogen-bond donors (Lipinski definition) is 2. The molecule has 2 rings (SSSR count). The van der Waals surface area contributed by atoms with E-state index in [1.807, 2.05) is 18.4 Å². The normalized spacial score (nSPS) is 20.7. The smallest absolute Gasteiger partial charge is 0.191 e. The molecule has 132 valence electrons. The van der Waals surface area contributed by atoms with E-state index in [2.05, 4.69) is 51.9 Å². The summed E-state index contributed by atoms with van der Waals surface area (Å²) in [6.07, 6.45) is 2.72. The monoisotopic (exact) mass is 450 g/mol. The van der Waals surface area contributed by atoms with E-state index < -0.39 is 0 Å². The fraction of sp³-hybridized carbons (Fsp3) is 0.706. The lowest BCUT2D eigenvalue weighted by Gasteiger charge is -2.30. The third-order valence-electron chi connectivity index (χ3n) is 4.29. The number of nitrogens with zero attached hydrogens (tertiary/aromatic N) is 2. The van der Waals surface area contributed by atoms with E-state index in [1.54, 1.807) is 0 Å². The van der Waals surface area contributed by atoms with Crippen LogP contribution >= 0.6 is 35.3 Å². The summed E-state index contributed by atoms with van der Waals surface area (Å²) >= 11 is 1.82. The molecule has 1 saturated heterocycles. The third kappa shape index (κ3) is 7.39. The van der Waals surface area contributed by atoms with E-state index >= 15 is 0 Å². The highest BCUT2D eigenvalue weighted by Crippen LogP contribution is 2.19. The number of aliphatic imine (C=N–C) groups is 1. The lowest BCUT2D eigenvalue weighted by atomic mass is 10.0. The van der Waals surface area contributed by atoms with Crippen LogP contribution in [-0.4, -0.2) is 50.6 Å². The van der Waals surface area contributed by atoms with Crippen LogP contribution in [0.15, 0.2) is 22.5 Å². The molecule has 2 N–H and O–H groups in total. The maximum absolute atomic E-state index is 4.32. The summed E-state index contributed by atoms with van der Waals surface area (Å²) in [7, 11) is 1.84. The molecular formula is C17H31IN4S. The molecule has 0 bridgehead atoms. The van der Waals surface area contributed by atoms with Crippen molar-refractivity contribution < 1.29 is 0 Å². The molecule has 1 fully saturated rings. The highest BCUT2D eigenvalue weighted by atomic mass is 127. The minimum Gasteiger partial charge on any atom is -0.356 e. The molecule has 0 spiro atoms. The largest absolute Gasteiger partial charge is 0.356 e. The van der Waals surface area contributed by atoms with Crippen LogP contribution in [0.25, 0.3) is 0 Å². The molecule has 1 aromatic rings. The van der Waals surface area contributed by atoms with Crippen molar-refractivity contribution >= 4 is 41.3 Å². The van der Waals surface area contributed by atoms with Crippen molar-refractivity contribution in [3.05, 3.63) is 22.4 Å². The lowest BCUT2D eigenvalue weighted by molar-refractivity contribution is 0.187.